The van der Waals surface area contributed by atoms with Crippen LogP contribution >= 0.6 is 0 Å². The summed E-state index contributed by atoms with van der Waals surface area (Å²) < 4.78 is 5.66. The SMILES string of the molecule is C=C(C)C(=O)OC1(CC)CC(CCC)=CC(C)(O)C1. The van der Waals surface area contributed by atoms with E-state index in [-0.39, 0.29) is 5.97 Å². The van der Waals surface area contributed by atoms with Crippen molar-refractivity contribution in [3.05, 3.63) is 23.8 Å². The summed E-state index contributed by atoms with van der Waals surface area (Å²) in [5.41, 5.74) is 0.0709. The molecule has 1 N–H and O–H groups in total. The van der Waals surface area contributed by atoms with Crippen LogP contribution in [0.2, 0.25) is 0 Å². The molecule has 0 heterocycles. The van der Waals surface area contributed by atoms with Gasteiger partial charge in [-0.2, -0.15) is 0 Å². The van der Waals surface area contributed by atoms with Crippen LogP contribution in [-0.2, 0) is 9.53 Å². The molecule has 3 nitrogen and oxygen atoms in total. The summed E-state index contributed by atoms with van der Waals surface area (Å²) in [6.07, 6.45) is 5.75. The number of esters is 1. The third-order valence-electron chi connectivity index (χ3n) is 3.62. The lowest BCUT2D eigenvalue weighted by atomic mass is 9.74. The van der Waals surface area contributed by atoms with Crippen molar-refractivity contribution < 1.29 is 14.6 Å². The van der Waals surface area contributed by atoms with Gasteiger partial charge in [0.25, 0.3) is 0 Å². The highest BCUT2D eigenvalue weighted by molar-refractivity contribution is 5.87. The van der Waals surface area contributed by atoms with E-state index in [4.69, 9.17) is 4.74 Å². The van der Waals surface area contributed by atoms with E-state index in [1.54, 1.807) is 13.8 Å². The van der Waals surface area contributed by atoms with E-state index in [2.05, 4.69) is 13.5 Å². The van der Waals surface area contributed by atoms with Crippen LogP contribution in [0.3, 0.4) is 0 Å². The lowest BCUT2D eigenvalue weighted by Crippen LogP contribution is -2.45. The van der Waals surface area contributed by atoms with E-state index in [0.29, 0.717) is 24.8 Å². The molecule has 0 aromatic rings. The Kier molecular flexibility index (Phi) is 4.97. The second-order valence-corrected chi connectivity index (χ2v) is 5.97. The van der Waals surface area contributed by atoms with Gasteiger partial charge in [-0.1, -0.05) is 38.5 Å². The number of carbonyl (C=O) groups is 1. The minimum absolute atomic E-state index is 0.365. The maximum Gasteiger partial charge on any atom is 0.333 e. The molecule has 0 saturated heterocycles. The number of aliphatic hydroxyl groups is 1. The summed E-state index contributed by atoms with van der Waals surface area (Å²) in [6, 6.07) is 0. The summed E-state index contributed by atoms with van der Waals surface area (Å²) >= 11 is 0. The van der Waals surface area contributed by atoms with Gasteiger partial charge in [-0.15, -0.1) is 0 Å². The van der Waals surface area contributed by atoms with Gasteiger partial charge in [0.05, 0.1) is 5.60 Å². The third-order valence-corrected chi connectivity index (χ3v) is 3.62. The van der Waals surface area contributed by atoms with Crippen LogP contribution < -0.4 is 0 Å². The quantitative estimate of drug-likeness (QED) is 0.470. The summed E-state index contributed by atoms with van der Waals surface area (Å²) in [6.45, 7) is 11.2. The molecule has 2 unspecified atom stereocenters. The molecule has 0 aliphatic heterocycles. The molecule has 0 aromatic heterocycles. The highest BCUT2D eigenvalue weighted by Gasteiger charge is 2.43. The molecule has 0 spiro atoms. The van der Waals surface area contributed by atoms with Gasteiger partial charge in [-0.25, -0.2) is 4.79 Å². The normalized spacial score (nSPS) is 30.7. The molecule has 2 atom stereocenters. The molecule has 1 aliphatic carbocycles. The van der Waals surface area contributed by atoms with E-state index in [1.807, 2.05) is 13.0 Å². The van der Waals surface area contributed by atoms with Crippen molar-refractivity contribution in [3.8, 4) is 0 Å². The molecule has 1 aliphatic rings. The number of hydrogen-bond donors (Lipinski definition) is 1. The van der Waals surface area contributed by atoms with Crippen molar-refractivity contribution in [1.29, 1.82) is 0 Å². The van der Waals surface area contributed by atoms with Crippen molar-refractivity contribution in [2.45, 2.75) is 71.0 Å². The van der Waals surface area contributed by atoms with E-state index in [9.17, 15) is 9.90 Å². The zero-order chi connectivity index (χ0) is 14.7. The van der Waals surface area contributed by atoms with E-state index < -0.39 is 11.2 Å². The molecule has 1 rings (SSSR count). The Labute approximate surface area is 116 Å². The minimum atomic E-state index is -0.909. The van der Waals surface area contributed by atoms with Gasteiger partial charge < -0.3 is 9.84 Å². The highest BCUT2D eigenvalue weighted by Crippen LogP contribution is 2.40. The molecule has 3 heteroatoms. The smallest absolute Gasteiger partial charge is 0.333 e. The maximum atomic E-state index is 11.8. The Hall–Kier alpha value is -1.09. The fourth-order valence-electron chi connectivity index (χ4n) is 2.83. The molecule has 0 fully saturated rings. The van der Waals surface area contributed by atoms with Gasteiger partial charge in [0.2, 0.25) is 0 Å². The first kappa shape index (κ1) is 16.0. The third kappa shape index (κ3) is 4.20. The van der Waals surface area contributed by atoms with Crippen molar-refractivity contribution in [1.82, 2.24) is 0 Å². The average molecular weight is 266 g/mol. The Morgan fingerprint density at radius 2 is 2.16 bits per heavy atom. The molecule has 19 heavy (non-hydrogen) atoms. The molecule has 0 bridgehead atoms. The van der Waals surface area contributed by atoms with Gasteiger partial charge >= 0.3 is 5.97 Å². The molecular weight excluding hydrogens is 240 g/mol. The van der Waals surface area contributed by atoms with E-state index >= 15 is 0 Å². The van der Waals surface area contributed by atoms with Crippen LogP contribution in [-0.4, -0.2) is 22.3 Å². The summed E-state index contributed by atoms with van der Waals surface area (Å²) in [4.78, 5) is 11.8. The standard InChI is InChI=1S/C16H26O3/c1-6-8-13-9-15(5,18)11-16(7-2,10-13)19-14(17)12(3)4/h9,18H,3,6-8,10-11H2,1-2,4-5H3. The Morgan fingerprint density at radius 1 is 1.53 bits per heavy atom. The second kappa shape index (κ2) is 5.91. The molecule has 0 aromatic carbocycles. The maximum absolute atomic E-state index is 11.8. The monoisotopic (exact) mass is 266 g/mol. The Bertz CT molecular complexity index is 393. The lowest BCUT2D eigenvalue weighted by molar-refractivity contribution is -0.161. The predicted molar refractivity (Wildman–Crippen MR) is 76.8 cm³/mol. The van der Waals surface area contributed by atoms with Gasteiger partial charge in [-0.05, 0) is 26.7 Å². The first-order valence-electron chi connectivity index (χ1n) is 7.05. The Morgan fingerprint density at radius 3 is 2.63 bits per heavy atom. The molecule has 0 radical (unpaired) electrons. The number of ether oxygens (including phenoxy) is 1. The summed E-state index contributed by atoms with van der Waals surface area (Å²) in [5.74, 6) is -0.365. The van der Waals surface area contributed by atoms with Crippen LogP contribution in [0.4, 0.5) is 0 Å². The first-order valence-corrected chi connectivity index (χ1v) is 7.05. The van der Waals surface area contributed by atoms with Gasteiger partial charge in [0.1, 0.15) is 5.60 Å². The highest BCUT2D eigenvalue weighted by atomic mass is 16.6. The van der Waals surface area contributed by atoms with Crippen LogP contribution in [0.1, 0.15) is 59.8 Å². The van der Waals surface area contributed by atoms with Crippen molar-refractivity contribution in [2.75, 3.05) is 0 Å². The van der Waals surface area contributed by atoms with Crippen molar-refractivity contribution in [3.63, 3.8) is 0 Å². The number of hydrogen-bond acceptors (Lipinski definition) is 3. The van der Waals surface area contributed by atoms with Crippen LogP contribution in [0.15, 0.2) is 23.8 Å². The zero-order valence-electron chi connectivity index (χ0n) is 12.6. The van der Waals surface area contributed by atoms with Gasteiger partial charge in [-0.3, -0.25) is 0 Å². The fourth-order valence-corrected chi connectivity index (χ4v) is 2.83. The first-order chi connectivity index (χ1) is 8.73. The molecule has 0 amide bonds. The van der Waals surface area contributed by atoms with Crippen LogP contribution in [0.5, 0.6) is 0 Å². The Balaban J connectivity index is 2.98. The van der Waals surface area contributed by atoms with Crippen LogP contribution in [0.25, 0.3) is 0 Å². The van der Waals surface area contributed by atoms with Crippen molar-refractivity contribution >= 4 is 5.97 Å². The van der Waals surface area contributed by atoms with Gasteiger partial charge in [0.15, 0.2) is 0 Å². The topological polar surface area (TPSA) is 46.5 Å². The average Bonchev–Trinajstić information content (AvgIpc) is 2.27. The van der Waals surface area contributed by atoms with Crippen molar-refractivity contribution in [2.24, 2.45) is 0 Å². The molecule has 108 valence electrons. The molecular formula is C16H26O3. The number of rotatable bonds is 5. The lowest BCUT2D eigenvalue weighted by Gasteiger charge is -2.42. The summed E-state index contributed by atoms with van der Waals surface area (Å²) in [7, 11) is 0. The largest absolute Gasteiger partial charge is 0.455 e. The fraction of sp³-hybridized carbons (Fsp3) is 0.688. The second-order valence-electron chi connectivity index (χ2n) is 5.97. The minimum Gasteiger partial charge on any atom is -0.455 e. The number of carbonyl (C=O) groups excluding carboxylic acids is 1. The zero-order valence-corrected chi connectivity index (χ0v) is 12.6. The van der Waals surface area contributed by atoms with Crippen LogP contribution in [0, 0.1) is 0 Å². The molecule has 0 saturated carbocycles. The van der Waals surface area contributed by atoms with E-state index in [1.165, 1.54) is 5.57 Å². The summed E-state index contributed by atoms with van der Waals surface area (Å²) in [5, 5.41) is 10.4. The predicted octanol–water partition coefficient (Wildman–Crippen LogP) is 3.53. The van der Waals surface area contributed by atoms with Gasteiger partial charge in [0, 0.05) is 18.4 Å². The van der Waals surface area contributed by atoms with E-state index in [0.717, 1.165) is 12.8 Å².